The summed E-state index contributed by atoms with van der Waals surface area (Å²) in [5.74, 6) is 0.875. The number of aryl methyl sites for hydroxylation is 1. The third kappa shape index (κ3) is 3.33. The Kier molecular flexibility index (Phi) is 4.18. The molecule has 3 nitrogen and oxygen atoms in total. The van der Waals surface area contributed by atoms with E-state index in [1.807, 2.05) is 37.3 Å². The summed E-state index contributed by atoms with van der Waals surface area (Å²) in [6.45, 7) is 4.09. The van der Waals surface area contributed by atoms with Crippen molar-refractivity contribution in [2.24, 2.45) is 0 Å². The zero-order valence-electron chi connectivity index (χ0n) is 10.8. The smallest absolute Gasteiger partial charge is 0.129 e. The number of anilines is 1. The number of rotatable bonds is 3. The lowest BCUT2D eigenvalue weighted by molar-refractivity contribution is 0.871. The zero-order valence-corrected chi connectivity index (χ0v) is 12.4. The van der Waals surface area contributed by atoms with Gasteiger partial charge in [-0.05, 0) is 59.1 Å². The first-order chi connectivity index (χ1) is 9.10. The molecule has 1 N–H and O–H groups in total. The van der Waals surface area contributed by atoms with Crippen molar-refractivity contribution in [2.75, 3.05) is 5.32 Å². The molecule has 96 valence electrons. The molecule has 0 saturated heterocycles. The van der Waals surface area contributed by atoms with Crippen LogP contribution in [0.1, 0.15) is 29.7 Å². The van der Waals surface area contributed by atoms with E-state index in [-0.39, 0.29) is 6.04 Å². The average Bonchev–Trinajstić information content (AvgIpc) is 2.42. The number of hydrogen-bond donors (Lipinski definition) is 1. The van der Waals surface area contributed by atoms with E-state index in [1.165, 1.54) is 0 Å². The quantitative estimate of drug-likeness (QED) is 0.923. The van der Waals surface area contributed by atoms with Crippen LogP contribution in [0.3, 0.4) is 0 Å². The second-order valence-electron chi connectivity index (χ2n) is 4.42. The van der Waals surface area contributed by atoms with Gasteiger partial charge in [-0.2, -0.15) is 5.26 Å². The van der Waals surface area contributed by atoms with Crippen molar-refractivity contribution in [3.8, 4) is 6.07 Å². The summed E-state index contributed by atoms with van der Waals surface area (Å²) in [6, 6.07) is 11.9. The van der Waals surface area contributed by atoms with Crippen molar-refractivity contribution < 1.29 is 0 Å². The van der Waals surface area contributed by atoms with Crippen LogP contribution in [0.2, 0.25) is 0 Å². The van der Waals surface area contributed by atoms with Crippen LogP contribution >= 0.6 is 15.9 Å². The molecule has 0 aliphatic rings. The molecule has 2 aromatic rings. The predicted molar refractivity (Wildman–Crippen MR) is 79.9 cm³/mol. The van der Waals surface area contributed by atoms with Gasteiger partial charge in [0.25, 0.3) is 0 Å². The van der Waals surface area contributed by atoms with Crippen molar-refractivity contribution in [1.82, 2.24) is 4.98 Å². The predicted octanol–water partition coefficient (Wildman–Crippen LogP) is 4.20. The van der Waals surface area contributed by atoms with Crippen LogP contribution in [0.4, 0.5) is 5.82 Å². The van der Waals surface area contributed by atoms with Gasteiger partial charge in [0.2, 0.25) is 0 Å². The summed E-state index contributed by atoms with van der Waals surface area (Å²) in [6.07, 6.45) is 1.78. The molecule has 0 aliphatic heterocycles. The lowest BCUT2D eigenvalue weighted by Gasteiger charge is -2.16. The fraction of sp³-hybridized carbons (Fsp3) is 0.200. The Bertz CT molecular complexity index is 614. The molecule has 1 aromatic heterocycles. The number of aromatic nitrogens is 1. The zero-order chi connectivity index (χ0) is 13.8. The normalized spacial score (nSPS) is 11.7. The molecule has 0 aliphatic carbocycles. The minimum absolute atomic E-state index is 0.139. The van der Waals surface area contributed by atoms with E-state index in [4.69, 9.17) is 5.26 Å². The van der Waals surface area contributed by atoms with Gasteiger partial charge in [-0.1, -0.05) is 12.1 Å². The molecule has 0 saturated carbocycles. The number of nitriles is 1. The van der Waals surface area contributed by atoms with Gasteiger partial charge in [0.15, 0.2) is 0 Å². The maximum absolute atomic E-state index is 8.78. The van der Waals surface area contributed by atoms with E-state index in [2.05, 4.69) is 39.2 Å². The van der Waals surface area contributed by atoms with Gasteiger partial charge < -0.3 is 5.32 Å². The van der Waals surface area contributed by atoms with Gasteiger partial charge in [-0.25, -0.2) is 4.98 Å². The van der Waals surface area contributed by atoms with Gasteiger partial charge in [-0.3, -0.25) is 0 Å². The van der Waals surface area contributed by atoms with Crippen molar-refractivity contribution in [1.29, 1.82) is 5.26 Å². The molecule has 0 fully saturated rings. The van der Waals surface area contributed by atoms with Crippen LogP contribution in [0.5, 0.6) is 0 Å². The first kappa shape index (κ1) is 13.6. The van der Waals surface area contributed by atoms with E-state index in [9.17, 15) is 0 Å². The number of nitrogens with zero attached hydrogens (tertiary/aromatic N) is 2. The summed E-state index contributed by atoms with van der Waals surface area (Å²) < 4.78 is 0.974. The van der Waals surface area contributed by atoms with Crippen molar-refractivity contribution in [3.63, 3.8) is 0 Å². The first-order valence-electron chi connectivity index (χ1n) is 5.99. The van der Waals surface area contributed by atoms with Gasteiger partial charge in [-0.15, -0.1) is 0 Å². The molecule has 0 amide bonds. The maximum atomic E-state index is 8.78. The van der Waals surface area contributed by atoms with Gasteiger partial charge in [0.1, 0.15) is 5.82 Å². The standard InChI is InChI=1S/C15H14BrN3/c1-10-7-14(16)9-18-15(10)19-11(2)13-5-3-12(8-17)4-6-13/h3-7,9,11H,1-2H3,(H,18,19). The molecule has 4 heteroatoms. The van der Waals surface area contributed by atoms with Crippen LogP contribution in [0, 0.1) is 18.3 Å². The molecule has 0 bridgehead atoms. The SMILES string of the molecule is Cc1cc(Br)cnc1NC(C)c1ccc(C#N)cc1. The largest absolute Gasteiger partial charge is 0.363 e. The third-order valence-corrected chi connectivity index (χ3v) is 3.37. The highest BCUT2D eigenvalue weighted by Crippen LogP contribution is 2.22. The summed E-state index contributed by atoms with van der Waals surface area (Å²) in [5.41, 5.74) is 2.90. The minimum Gasteiger partial charge on any atom is -0.363 e. The van der Waals surface area contributed by atoms with Gasteiger partial charge in [0, 0.05) is 16.7 Å². The Hall–Kier alpha value is -1.86. The molecule has 19 heavy (non-hydrogen) atoms. The topological polar surface area (TPSA) is 48.7 Å². The Morgan fingerprint density at radius 1 is 1.32 bits per heavy atom. The van der Waals surface area contributed by atoms with Crippen LogP contribution in [-0.2, 0) is 0 Å². The maximum Gasteiger partial charge on any atom is 0.129 e. The van der Waals surface area contributed by atoms with E-state index in [1.54, 1.807) is 6.20 Å². The number of halogens is 1. The second-order valence-corrected chi connectivity index (χ2v) is 5.33. The summed E-state index contributed by atoms with van der Waals surface area (Å²) >= 11 is 3.40. The Balaban J connectivity index is 2.16. The first-order valence-corrected chi connectivity index (χ1v) is 6.78. The lowest BCUT2D eigenvalue weighted by atomic mass is 10.1. The molecule has 1 atom stereocenters. The van der Waals surface area contributed by atoms with Crippen molar-refractivity contribution in [3.05, 3.63) is 57.7 Å². The second kappa shape index (κ2) is 5.85. The van der Waals surface area contributed by atoms with Crippen LogP contribution in [0.25, 0.3) is 0 Å². The van der Waals surface area contributed by atoms with Crippen molar-refractivity contribution in [2.45, 2.75) is 19.9 Å². The molecule has 1 heterocycles. The molecule has 1 aromatic carbocycles. The van der Waals surface area contributed by atoms with Crippen LogP contribution < -0.4 is 5.32 Å². The Morgan fingerprint density at radius 3 is 2.58 bits per heavy atom. The van der Waals surface area contributed by atoms with E-state index >= 15 is 0 Å². The van der Waals surface area contributed by atoms with Gasteiger partial charge >= 0.3 is 0 Å². The van der Waals surface area contributed by atoms with Crippen LogP contribution in [0.15, 0.2) is 41.0 Å². The summed E-state index contributed by atoms with van der Waals surface area (Å²) in [7, 11) is 0. The van der Waals surface area contributed by atoms with E-state index in [0.29, 0.717) is 5.56 Å². The van der Waals surface area contributed by atoms with Crippen LogP contribution in [-0.4, -0.2) is 4.98 Å². The molecule has 0 radical (unpaired) electrons. The van der Waals surface area contributed by atoms with E-state index in [0.717, 1.165) is 21.4 Å². The monoisotopic (exact) mass is 315 g/mol. The lowest BCUT2D eigenvalue weighted by Crippen LogP contribution is -2.09. The Labute approximate surface area is 121 Å². The minimum atomic E-state index is 0.139. The molecule has 0 spiro atoms. The number of benzene rings is 1. The number of hydrogen-bond acceptors (Lipinski definition) is 3. The molecular formula is C15H14BrN3. The van der Waals surface area contributed by atoms with E-state index < -0.39 is 0 Å². The Morgan fingerprint density at radius 2 is 2.00 bits per heavy atom. The highest BCUT2D eigenvalue weighted by Gasteiger charge is 2.08. The molecule has 2 rings (SSSR count). The van der Waals surface area contributed by atoms with Crippen molar-refractivity contribution >= 4 is 21.7 Å². The average molecular weight is 316 g/mol. The number of nitrogens with one attached hydrogen (secondary N) is 1. The fourth-order valence-corrected chi connectivity index (χ4v) is 2.27. The summed E-state index contributed by atoms with van der Waals surface area (Å²) in [4.78, 5) is 4.37. The molecular weight excluding hydrogens is 302 g/mol. The highest BCUT2D eigenvalue weighted by molar-refractivity contribution is 9.10. The summed E-state index contributed by atoms with van der Waals surface area (Å²) in [5, 5.41) is 12.2. The molecule has 1 unspecified atom stereocenters. The third-order valence-electron chi connectivity index (χ3n) is 2.94. The van der Waals surface area contributed by atoms with Gasteiger partial charge in [0.05, 0.1) is 11.6 Å². The number of pyridine rings is 1. The highest BCUT2D eigenvalue weighted by atomic mass is 79.9. The fourth-order valence-electron chi connectivity index (χ4n) is 1.83.